The van der Waals surface area contributed by atoms with Gasteiger partial charge in [0.15, 0.2) is 0 Å². The normalized spacial score (nSPS) is 17.9. The number of benzene rings is 2. The summed E-state index contributed by atoms with van der Waals surface area (Å²) in [5.74, 6) is 0.376. The Balaban J connectivity index is 1.59. The van der Waals surface area contributed by atoms with Crippen molar-refractivity contribution in [3.05, 3.63) is 65.7 Å². The zero-order valence-electron chi connectivity index (χ0n) is 16.0. The molecule has 6 heteroatoms. The Hall–Kier alpha value is -1.73. The molecule has 5 nitrogen and oxygen atoms in total. The molecule has 2 aromatic rings. The van der Waals surface area contributed by atoms with Crippen LogP contribution in [0.15, 0.2) is 59.5 Å². The molecule has 2 aromatic carbocycles. The van der Waals surface area contributed by atoms with Gasteiger partial charge in [0.05, 0.1) is 11.0 Å². The second-order valence-corrected chi connectivity index (χ2v) is 9.29. The number of hydrogen-bond acceptors (Lipinski definition) is 4. The van der Waals surface area contributed by atoms with Crippen LogP contribution in [0.1, 0.15) is 37.0 Å². The molecule has 0 aromatic heterocycles. The topological polar surface area (TPSA) is 60.9 Å². The van der Waals surface area contributed by atoms with Crippen molar-refractivity contribution in [2.75, 3.05) is 32.7 Å². The number of sulfonamides is 1. The highest BCUT2D eigenvalue weighted by molar-refractivity contribution is 7.89. The minimum absolute atomic E-state index is 0.352. The van der Waals surface area contributed by atoms with Crippen LogP contribution >= 0.6 is 0 Å². The maximum absolute atomic E-state index is 12.9. The van der Waals surface area contributed by atoms with E-state index >= 15 is 0 Å². The molecule has 1 fully saturated rings. The molecule has 0 amide bonds. The quantitative estimate of drug-likeness (QED) is 0.827. The lowest BCUT2D eigenvalue weighted by atomic mass is 10.0. The van der Waals surface area contributed by atoms with Gasteiger partial charge in [0.25, 0.3) is 0 Å². The number of hydrogen-bond donors (Lipinski definition) is 1. The van der Waals surface area contributed by atoms with Crippen LogP contribution in [0.5, 0.6) is 0 Å². The first-order valence-electron chi connectivity index (χ1n) is 9.43. The van der Waals surface area contributed by atoms with Crippen LogP contribution in [0, 0.1) is 0 Å². The fraction of sp³-hybridized carbons (Fsp3) is 0.429. The van der Waals surface area contributed by atoms with Gasteiger partial charge in [0.2, 0.25) is 10.0 Å². The average Bonchev–Trinajstić information content (AvgIpc) is 2.69. The molecular weight excluding hydrogens is 360 g/mol. The molecule has 1 aliphatic rings. The molecule has 146 valence electrons. The monoisotopic (exact) mass is 388 g/mol. The van der Waals surface area contributed by atoms with Crippen molar-refractivity contribution >= 4 is 10.0 Å². The van der Waals surface area contributed by atoms with Crippen LogP contribution in [-0.2, 0) is 10.0 Å². The van der Waals surface area contributed by atoms with E-state index in [1.807, 2.05) is 42.5 Å². The highest BCUT2D eigenvalue weighted by Crippen LogP contribution is 2.22. The van der Waals surface area contributed by atoms with Crippen molar-refractivity contribution in [3.63, 3.8) is 0 Å². The Labute approximate surface area is 162 Å². The van der Waals surface area contributed by atoms with E-state index in [0.717, 1.165) is 11.1 Å². The molecule has 27 heavy (non-hydrogen) atoms. The lowest BCUT2D eigenvalue weighted by molar-refractivity contribution is 0.0921. The van der Waals surface area contributed by atoms with Gasteiger partial charge in [-0.2, -0.15) is 4.31 Å². The van der Waals surface area contributed by atoms with Gasteiger partial charge in [-0.15, -0.1) is 0 Å². The fourth-order valence-corrected chi connectivity index (χ4v) is 4.77. The second kappa shape index (κ2) is 8.52. The Morgan fingerprint density at radius 2 is 1.48 bits per heavy atom. The fourth-order valence-electron chi connectivity index (χ4n) is 3.35. The summed E-state index contributed by atoms with van der Waals surface area (Å²) in [5.41, 5.74) is 2.02. The summed E-state index contributed by atoms with van der Waals surface area (Å²) in [6.07, 6.45) is -0.557. The van der Waals surface area contributed by atoms with Crippen molar-refractivity contribution in [3.8, 4) is 0 Å². The highest BCUT2D eigenvalue weighted by Gasteiger charge is 2.29. The van der Waals surface area contributed by atoms with Gasteiger partial charge in [-0.3, -0.25) is 4.90 Å². The summed E-state index contributed by atoms with van der Waals surface area (Å²) in [7, 11) is -3.46. The van der Waals surface area contributed by atoms with Crippen LogP contribution < -0.4 is 0 Å². The molecule has 0 radical (unpaired) electrons. The molecule has 1 atom stereocenters. The SMILES string of the molecule is CC(C)c1ccc(S(=O)(=O)N2CCN(CC(O)c3ccccc3)CC2)cc1. The van der Waals surface area contributed by atoms with Gasteiger partial charge in [-0.25, -0.2) is 8.42 Å². The maximum Gasteiger partial charge on any atom is 0.243 e. The lowest BCUT2D eigenvalue weighted by Crippen LogP contribution is -2.49. The van der Waals surface area contributed by atoms with Crippen LogP contribution in [0.25, 0.3) is 0 Å². The third kappa shape index (κ3) is 4.76. The number of aliphatic hydroxyl groups is 1. The van der Waals surface area contributed by atoms with Gasteiger partial charge in [0, 0.05) is 32.7 Å². The van der Waals surface area contributed by atoms with Gasteiger partial charge in [0.1, 0.15) is 0 Å². The number of piperazine rings is 1. The van der Waals surface area contributed by atoms with E-state index in [2.05, 4.69) is 18.7 Å². The summed E-state index contributed by atoms with van der Waals surface area (Å²) < 4.78 is 27.3. The van der Waals surface area contributed by atoms with Crippen molar-refractivity contribution in [2.24, 2.45) is 0 Å². The molecule has 1 aliphatic heterocycles. The van der Waals surface area contributed by atoms with Crippen LogP contribution in [-0.4, -0.2) is 55.5 Å². The first-order valence-corrected chi connectivity index (χ1v) is 10.9. The zero-order chi connectivity index (χ0) is 19.4. The molecule has 0 bridgehead atoms. The number of rotatable bonds is 6. The van der Waals surface area contributed by atoms with Crippen molar-refractivity contribution in [1.82, 2.24) is 9.21 Å². The molecule has 3 rings (SSSR count). The highest BCUT2D eigenvalue weighted by atomic mass is 32.2. The summed E-state index contributed by atoms with van der Waals surface area (Å²) in [6, 6.07) is 16.8. The second-order valence-electron chi connectivity index (χ2n) is 7.35. The smallest absolute Gasteiger partial charge is 0.243 e. The van der Waals surface area contributed by atoms with Crippen molar-refractivity contribution in [2.45, 2.75) is 30.8 Å². The predicted molar refractivity (Wildman–Crippen MR) is 107 cm³/mol. The minimum Gasteiger partial charge on any atom is -0.387 e. The standard InChI is InChI=1S/C21H28N2O3S/c1-17(2)18-8-10-20(11-9-18)27(25,26)23-14-12-22(13-15-23)16-21(24)19-6-4-3-5-7-19/h3-11,17,21,24H,12-16H2,1-2H3. The van der Waals surface area contributed by atoms with Crippen LogP contribution in [0.2, 0.25) is 0 Å². The Morgan fingerprint density at radius 3 is 2.04 bits per heavy atom. The van der Waals surface area contributed by atoms with E-state index in [1.54, 1.807) is 16.4 Å². The Bertz CT molecular complexity index is 827. The van der Waals surface area contributed by atoms with E-state index < -0.39 is 16.1 Å². The van der Waals surface area contributed by atoms with Gasteiger partial charge < -0.3 is 5.11 Å². The molecular formula is C21H28N2O3S. The summed E-state index contributed by atoms with van der Waals surface area (Å²) >= 11 is 0. The largest absolute Gasteiger partial charge is 0.387 e. The first kappa shape index (κ1) is 20.0. The van der Waals surface area contributed by atoms with Gasteiger partial charge >= 0.3 is 0 Å². The molecule has 1 heterocycles. The summed E-state index contributed by atoms with van der Waals surface area (Å²) in [4.78, 5) is 2.47. The molecule has 0 spiro atoms. The van der Waals surface area contributed by atoms with E-state index in [1.165, 1.54) is 0 Å². The lowest BCUT2D eigenvalue weighted by Gasteiger charge is -2.35. The maximum atomic E-state index is 12.9. The van der Waals surface area contributed by atoms with Gasteiger partial charge in [-0.05, 0) is 29.2 Å². The van der Waals surface area contributed by atoms with E-state index in [4.69, 9.17) is 0 Å². The van der Waals surface area contributed by atoms with E-state index in [-0.39, 0.29) is 0 Å². The van der Waals surface area contributed by atoms with Crippen molar-refractivity contribution < 1.29 is 13.5 Å². The summed E-state index contributed by atoms with van der Waals surface area (Å²) in [6.45, 7) is 6.81. The molecule has 1 unspecified atom stereocenters. The van der Waals surface area contributed by atoms with E-state index in [0.29, 0.717) is 43.5 Å². The van der Waals surface area contributed by atoms with Crippen LogP contribution in [0.4, 0.5) is 0 Å². The number of aliphatic hydroxyl groups excluding tert-OH is 1. The third-order valence-electron chi connectivity index (χ3n) is 5.13. The summed E-state index contributed by atoms with van der Waals surface area (Å²) in [5, 5.41) is 10.4. The number of nitrogens with zero attached hydrogens (tertiary/aromatic N) is 2. The molecule has 1 N–H and O–H groups in total. The number of β-amino-alcohol motifs (C(OH)–C–C–N with tert-alkyl or cyclic N) is 1. The van der Waals surface area contributed by atoms with Crippen LogP contribution in [0.3, 0.4) is 0 Å². The zero-order valence-corrected chi connectivity index (χ0v) is 16.8. The van der Waals surface area contributed by atoms with E-state index in [9.17, 15) is 13.5 Å². The Morgan fingerprint density at radius 1 is 0.889 bits per heavy atom. The minimum atomic E-state index is -3.46. The third-order valence-corrected chi connectivity index (χ3v) is 7.04. The molecule has 0 saturated carbocycles. The van der Waals surface area contributed by atoms with Gasteiger partial charge in [-0.1, -0.05) is 56.3 Å². The Kier molecular flexibility index (Phi) is 6.32. The average molecular weight is 389 g/mol. The molecule has 1 saturated heterocycles. The van der Waals surface area contributed by atoms with Crippen molar-refractivity contribution in [1.29, 1.82) is 0 Å². The predicted octanol–water partition coefficient (Wildman–Crippen LogP) is 2.85. The molecule has 0 aliphatic carbocycles. The first-order chi connectivity index (χ1) is 12.9.